The van der Waals surface area contributed by atoms with Crippen LogP contribution in [0.25, 0.3) is 12.2 Å². The van der Waals surface area contributed by atoms with Gasteiger partial charge >= 0.3 is 5.97 Å². The van der Waals surface area contributed by atoms with Crippen molar-refractivity contribution in [3.63, 3.8) is 0 Å². The molecule has 0 atom stereocenters. The van der Waals surface area contributed by atoms with Gasteiger partial charge in [-0.3, -0.25) is 0 Å². The average molecular weight is 270 g/mol. The molecule has 0 bridgehead atoms. The molecule has 1 N–H and O–H groups in total. The Morgan fingerprint density at radius 2 is 1.74 bits per heavy atom. The summed E-state index contributed by atoms with van der Waals surface area (Å²) >= 11 is 1.71. The van der Waals surface area contributed by atoms with Crippen LogP contribution < -0.4 is 0 Å². The first-order valence-corrected chi connectivity index (χ1v) is 7.07. The van der Waals surface area contributed by atoms with Crippen LogP contribution >= 0.6 is 11.8 Å². The van der Waals surface area contributed by atoms with E-state index in [1.807, 2.05) is 42.7 Å². The Kier molecular flexibility index (Phi) is 4.42. The van der Waals surface area contributed by atoms with E-state index in [0.717, 1.165) is 11.1 Å². The van der Waals surface area contributed by atoms with Crippen molar-refractivity contribution in [2.75, 3.05) is 6.26 Å². The molecule has 0 fully saturated rings. The molecule has 0 radical (unpaired) electrons. The molecular weight excluding hydrogens is 256 g/mol. The minimum atomic E-state index is -0.900. The van der Waals surface area contributed by atoms with Crippen molar-refractivity contribution in [1.82, 2.24) is 0 Å². The Morgan fingerprint density at radius 3 is 2.37 bits per heavy atom. The summed E-state index contributed by atoms with van der Waals surface area (Å²) in [5.41, 5.74) is 2.46. The maximum atomic E-state index is 10.8. The van der Waals surface area contributed by atoms with E-state index in [4.69, 9.17) is 5.11 Å². The zero-order chi connectivity index (χ0) is 13.7. The van der Waals surface area contributed by atoms with Crippen LogP contribution in [0.5, 0.6) is 0 Å². The Morgan fingerprint density at radius 1 is 1.05 bits per heavy atom. The number of carboxylic acid groups (broad SMARTS) is 1. The fourth-order valence-electron chi connectivity index (χ4n) is 1.73. The van der Waals surface area contributed by atoms with E-state index in [2.05, 4.69) is 12.1 Å². The summed E-state index contributed by atoms with van der Waals surface area (Å²) in [5.74, 6) is -0.900. The van der Waals surface area contributed by atoms with Gasteiger partial charge in [0.15, 0.2) is 0 Å². The van der Waals surface area contributed by atoms with Crippen LogP contribution in [0.15, 0.2) is 53.4 Å². The average Bonchev–Trinajstić information content (AvgIpc) is 2.45. The molecule has 0 aromatic heterocycles. The van der Waals surface area contributed by atoms with Crippen molar-refractivity contribution in [3.8, 4) is 0 Å². The molecule has 0 unspecified atom stereocenters. The zero-order valence-electron chi connectivity index (χ0n) is 10.5. The zero-order valence-corrected chi connectivity index (χ0v) is 11.4. The highest BCUT2D eigenvalue weighted by Crippen LogP contribution is 2.21. The van der Waals surface area contributed by atoms with Gasteiger partial charge in [-0.25, -0.2) is 4.79 Å². The summed E-state index contributed by atoms with van der Waals surface area (Å²) in [6.07, 6.45) is 6.08. The lowest BCUT2D eigenvalue weighted by Crippen LogP contribution is -1.94. The van der Waals surface area contributed by atoms with Crippen molar-refractivity contribution in [1.29, 1.82) is 0 Å². The van der Waals surface area contributed by atoms with Crippen molar-refractivity contribution in [3.05, 3.63) is 65.2 Å². The van der Waals surface area contributed by atoms with E-state index in [1.165, 1.54) is 4.90 Å². The fourth-order valence-corrected chi connectivity index (χ4v) is 2.31. The third-order valence-corrected chi connectivity index (χ3v) is 3.56. The van der Waals surface area contributed by atoms with E-state index in [-0.39, 0.29) is 0 Å². The van der Waals surface area contributed by atoms with Gasteiger partial charge in [-0.15, -0.1) is 11.8 Å². The number of carboxylic acids is 1. The second kappa shape index (κ2) is 6.25. The molecule has 2 aromatic rings. The number of benzene rings is 2. The van der Waals surface area contributed by atoms with Gasteiger partial charge in [-0.1, -0.05) is 42.5 Å². The van der Waals surface area contributed by atoms with Gasteiger partial charge in [0.1, 0.15) is 0 Å². The van der Waals surface area contributed by atoms with Crippen LogP contribution in [0.2, 0.25) is 0 Å². The molecule has 0 aliphatic heterocycles. The summed E-state index contributed by atoms with van der Waals surface area (Å²) in [6.45, 7) is 0. The van der Waals surface area contributed by atoms with Crippen molar-refractivity contribution >= 4 is 29.9 Å². The molecule has 96 valence electrons. The quantitative estimate of drug-likeness (QED) is 0.665. The predicted octanol–water partition coefficient (Wildman–Crippen LogP) is 4.28. The highest BCUT2D eigenvalue weighted by molar-refractivity contribution is 7.98. The lowest BCUT2D eigenvalue weighted by atomic mass is 10.1. The van der Waals surface area contributed by atoms with Gasteiger partial charge < -0.3 is 5.11 Å². The molecule has 0 saturated heterocycles. The van der Waals surface area contributed by atoms with E-state index in [1.54, 1.807) is 23.9 Å². The van der Waals surface area contributed by atoms with E-state index < -0.39 is 5.97 Å². The third kappa shape index (κ3) is 3.48. The minimum absolute atomic E-state index is 0.307. The van der Waals surface area contributed by atoms with Gasteiger partial charge in [0, 0.05) is 4.90 Å². The van der Waals surface area contributed by atoms with Gasteiger partial charge in [0.25, 0.3) is 0 Å². The number of thioether (sulfide) groups is 1. The Balaban J connectivity index is 2.20. The summed E-state index contributed by atoms with van der Waals surface area (Å²) in [6, 6.07) is 15.0. The minimum Gasteiger partial charge on any atom is -0.478 e. The standard InChI is InChI=1S/C16H14O2S/c1-19-15-5-3-2-4-13(15)9-6-12-7-10-14(11-8-12)16(17)18/h2-11H,1H3,(H,17,18). The number of hydrogen-bond donors (Lipinski definition) is 1. The lowest BCUT2D eigenvalue weighted by Gasteiger charge is -2.01. The van der Waals surface area contributed by atoms with Crippen LogP contribution in [0.3, 0.4) is 0 Å². The Hall–Kier alpha value is -2.00. The smallest absolute Gasteiger partial charge is 0.335 e. The first-order chi connectivity index (χ1) is 9.20. The number of aromatic carboxylic acids is 1. The topological polar surface area (TPSA) is 37.3 Å². The van der Waals surface area contributed by atoms with Gasteiger partial charge in [-0.2, -0.15) is 0 Å². The molecular formula is C16H14O2S. The molecule has 0 amide bonds. The highest BCUT2D eigenvalue weighted by atomic mass is 32.2. The van der Waals surface area contributed by atoms with Crippen LogP contribution in [-0.4, -0.2) is 17.3 Å². The Labute approximate surface area is 116 Å². The summed E-state index contributed by atoms with van der Waals surface area (Å²) in [7, 11) is 0. The summed E-state index contributed by atoms with van der Waals surface area (Å²) < 4.78 is 0. The lowest BCUT2D eigenvalue weighted by molar-refractivity contribution is 0.0697. The fraction of sp³-hybridized carbons (Fsp3) is 0.0625. The first kappa shape index (κ1) is 13.4. The normalized spacial score (nSPS) is 10.8. The molecule has 2 nitrogen and oxygen atoms in total. The molecule has 0 heterocycles. The molecule has 19 heavy (non-hydrogen) atoms. The summed E-state index contributed by atoms with van der Waals surface area (Å²) in [4.78, 5) is 12.0. The second-order valence-electron chi connectivity index (χ2n) is 4.00. The molecule has 0 saturated carbocycles. The van der Waals surface area contributed by atoms with Crippen molar-refractivity contribution in [2.24, 2.45) is 0 Å². The number of rotatable bonds is 4. The Bertz CT molecular complexity index is 600. The van der Waals surface area contributed by atoms with Crippen LogP contribution in [0.4, 0.5) is 0 Å². The van der Waals surface area contributed by atoms with Gasteiger partial charge in [0.05, 0.1) is 5.56 Å². The largest absolute Gasteiger partial charge is 0.478 e. The third-order valence-electron chi connectivity index (χ3n) is 2.75. The molecule has 3 heteroatoms. The SMILES string of the molecule is CSc1ccccc1C=Cc1ccc(C(=O)O)cc1. The van der Waals surface area contributed by atoms with Crippen LogP contribution in [-0.2, 0) is 0 Å². The van der Waals surface area contributed by atoms with Crippen molar-refractivity contribution in [2.45, 2.75) is 4.90 Å². The number of hydrogen-bond acceptors (Lipinski definition) is 2. The van der Waals surface area contributed by atoms with Gasteiger partial charge in [0.2, 0.25) is 0 Å². The van der Waals surface area contributed by atoms with Crippen LogP contribution in [0.1, 0.15) is 21.5 Å². The maximum Gasteiger partial charge on any atom is 0.335 e. The van der Waals surface area contributed by atoms with Crippen molar-refractivity contribution < 1.29 is 9.90 Å². The summed E-state index contributed by atoms with van der Waals surface area (Å²) in [5, 5.41) is 8.83. The maximum absolute atomic E-state index is 10.8. The van der Waals surface area contributed by atoms with E-state index >= 15 is 0 Å². The molecule has 2 rings (SSSR count). The molecule has 0 aliphatic carbocycles. The molecule has 0 spiro atoms. The number of carbonyl (C=O) groups is 1. The van der Waals surface area contributed by atoms with Crippen LogP contribution in [0, 0.1) is 0 Å². The molecule has 0 aliphatic rings. The van der Waals surface area contributed by atoms with Gasteiger partial charge in [-0.05, 0) is 35.6 Å². The monoisotopic (exact) mass is 270 g/mol. The predicted molar refractivity (Wildman–Crippen MR) is 80.6 cm³/mol. The first-order valence-electron chi connectivity index (χ1n) is 5.85. The molecule has 2 aromatic carbocycles. The highest BCUT2D eigenvalue weighted by Gasteiger charge is 2.00. The van der Waals surface area contributed by atoms with E-state index in [0.29, 0.717) is 5.56 Å². The van der Waals surface area contributed by atoms with E-state index in [9.17, 15) is 4.79 Å². The second-order valence-corrected chi connectivity index (χ2v) is 4.85.